The standard InChI is InChI=1S/C20H32O3/c1-5-19(6-2,7-3)15-22-17-9-11-18(12-10-17)23-16-20(8-4)13-21-14-20/h9-12H,5-8,13-16H2,1-4H3. The third-order valence-electron chi connectivity index (χ3n) is 5.73. The second-order valence-electron chi connectivity index (χ2n) is 6.96. The van der Waals surface area contributed by atoms with Crippen molar-refractivity contribution in [2.24, 2.45) is 10.8 Å². The minimum atomic E-state index is 0.220. The van der Waals surface area contributed by atoms with E-state index in [0.717, 1.165) is 63.6 Å². The largest absolute Gasteiger partial charge is 0.493 e. The van der Waals surface area contributed by atoms with Crippen LogP contribution in [0.25, 0.3) is 0 Å². The quantitative estimate of drug-likeness (QED) is 0.601. The van der Waals surface area contributed by atoms with Crippen LogP contribution in [0, 0.1) is 10.8 Å². The first-order valence-electron chi connectivity index (χ1n) is 9.04. The van der Waals surface area contributed by atoms with Gasteiger partial charge in [0.1, 0.15) is 11.5 Å². The Labute approximate surface area is 141 Å². The number of ether oxygens (including phenoxy) is 3. The number of rotatable bonds is 10. The summed E-state index contributed by atoms with van der Waals surface area (Å²) in [5.41, 5.74) is 0.519. The van der Waals surface area contributed by atoms with Gasteiger partial charge in [-0.1, -0.05) is 27.7 Å². The third kappa shape index (κ3) is 4.41. The normalized spacial score (nSPS) is 16.7. The summed E-state index contributed by atoms with van der Waals surface area (Å²) in [5, 5.41) is 0. The fourth-order valence-electron chi connectivity index (χ4n) is 2.94. The highest BCUT2D eigenvalue weighted by Crippen LogP contribution is 2.33. The summed E-state index contributed by atoms with van der Waals surface area (Å²) in [7, 11) is 0. The first-order chi connectivity index (χ1) is 11.1. The second kappa shape index (κ2) is 8.05. The van der Waals surface area contributed by atoms with Crippen LogP contribution in [0.2, 0.25) is 0 Å². The van der Waals surface area contributed by atoms with E-state index < -0.39 is 0 Å². The Balaban J connectivity index is 1.84. The zero-order valence-corrected chi connectivity index (χ0v) is 15.2. The molecule has 2 rings (SSSR count). The van der Waals surface area contributed by atoms with E-state index in [9.17, 15) is 0 Å². The summed E-state index contributed by atoms with van der Waals surface area (Å²) < 4.78 is 17.3. The molecule has 1 aromatic rings. The van der Waals surface area contributed by atoms with Crippen LogP contribution in [0.15, 0.2) is 24.3 Å². The first kappa shape index (κ1) is 18.1. The van der Waals surface area contributed by atoms with E-state index in [0.29, 0.717) is 5.41 Å². The molecule has 0 bridgehead atoms. The molecule has 1 heterocycles. The van der Waals surface area contributed by atoms with Crippen molar-refractivity contribution in [1.82, 2.24) is 0 Å². The van der Waals surface area contributed by atoms with E-state index in [4.69, 9.17) is 14.2 Å². The monoisotopic (exact) mass is 320 g/mol. The van der Waals surface area contributed by atoms with E-state index in [2.05, 4.69) is 27.7 Å². The highest BCUT2D eigenvalue weighted by atomic mass is 16.5. The second-order valence-corrected chi connectivity index (χ2v) is 6.96. The highest BCUT2D eigenvalue weighted by molar-refractivity contribution is 5.31. The molecule has 23 heavy (non-hydrogen) atoms. The predicted molar refractivity (Wildman–Crippen MR) is 94.3 cm³/mol. The van der Waals surface area contributed by atoms with Crippen LogP contribution in [-0.4, -0.2) is 26.4 Å². The molecule has 0 amide bonds. The summed E-state index contributed by atoms with van der Waals surface area (Å²) in [6.07, 6.45) is 4.56. The molecule has 0 aromatic heterocycles. The van der Waals surface area contributed by atoms with Gasteiger partial charge in [0.2, 0.25) is 0 Å². The van der Waals surface area contributed by atoms with Gasteiger partial charge in [0, 0.05) is 5.41 Å². The fraction of sp³-hybridized carbons (Fsp3) is 0.700. The minimum absolute atomic E-state index is 0.220. The van der Waals surface area contributed by atoms with Crippen LogP contribution in [-0.2, 0) is 4.74 Å². The molecule has 1 aliphatic rings. The Kier molecular flexibility index (Phi) is 6.34. The lowest BCUT2D eigenvalue weighted by atomic mass is 9.81. The Hall–Kier alpha value is -1.22. The molecular formula is C20H32O3. The Morgan fingerprint density at radius 1 is 0.913 bits per heavy atom. The first-order valence-corrected chi connectivity index (χ1v) is 9.04. The SMILES string of the molecule is CCC(CC)(CC)COc1ccc(OCC2(CC)COC2)cc1. The lowest BCUT2D eigenvalue weighted by Gasteiger charge is -2.40. The zero-order chi connectivity index (χ0) is 16.8. The van der Waals surface area contributed by atoms with E-state index >= 15 is 0 Å². The molecule has 130 valence electrons. The van der Waals surface area contributed by atoms with Gasteiger partial charge in [-0.3, -0.25) is 0 Å². The van der Waals surface area contributed by atoms with Crippen LogP contribution in [0.3, 0.4) is 0 Å². The van der Waals surface area contributed by atoms with Gasteiger partial charge in [0.25, 0.3) is 0 Å². The van der Waals surface area contributed by atoms with Gasteiger partial charge in [-0.05, 0) is 49.9 Å². The summed E-state index contributed by atoms with van der Waals surface area (Å²) in [5.74, 6) is 1.83. The van der Waals surface area contributed by atoms with Crippen molar-refractivity contribution in [2.45, 2.75) is 53.4 Å². The van der Waals surface area contributed by atoms with E-state index in [-0.39, 0.29) is 5.41 Å². The Bertz CT molecular complexity index is 445. The highest BCUT2D eigenvalue weighted by Gasteiger charge is 2.37. The van der Waals surface area contributed by atoms with E-state index in [1.165, 1.54) is 0 Å². The molecule has 1 fully saturated rings. The molecule has 0 N–H and O–H groups in total. The van der Waals surface area contributed by atoms with Gasteiger partial charge in [0.05, 0.1) is 31.8 Å². The molecule has 0 aliphatic carbocycles. The van der Waals surface area contributed by atoms with Gasteiger partial charge >= 0.3 is 0 Å². The smallest absolute Gasteiger partial charge is 0.119 e. The number of hydrogen-bond donors (Lipinski definition) is 0. The van der Waals surface area contributed by atoms with Gasteiger partial charge in [-0.25, -0.2) is 0 Å². The molecule has 1 aliphatic heterocycles. The summed E-state index contributed by atoms with van der Waals surface area (Å²) >= 11 is 0. The van der Waals surface area contributed by atoms with Crippen LogP contribution >= 0.6 is 0 Å². The maximum atomic E-state index is 6.02. The number of benzene rings is 1. The molecule has 3 nitrogen and oxygen atoms in total. The molecule has 0 atom stereocenters. The summed E-state index contributed by atoms with van der Waals surface area (Å²) in [4.78, 5) is 0. The number of hydrogen-bond acceptors (Lipinski definition) is 3. The Morgan fingerprint density at radius 3 is 1.83 bits per heavy atom. The molecule has 0 spiro atoms. The molecule has 1 aromatic carbocycles. The molecule has 3 heteroatoms. The third-order valence-corrected chi connectivity index (χ3v) is 5.73. The van der Waals surface area contributed by atoms with Gasteiger partial charge < -0.3 is 14.2 Å². The molecule has 1 saturated heterocycles. The van der Waals surface area contributed by atoms with Crippen molar-refractivity contribution in [3.63, 3.8) is 0 Å². The van der Waals surface area contributed by atoms with Gasteiger partial charge in [-0.15, -0.1) is 0 Å². The predicted octanol–water partition coefficient (Wildman–Crippen LogP) is 5.09. The summed E-state index contributed by atoms with van der Waals surface area (Å²) in [6, 6.07) is 8.03. The maximum Gasteiger partial charge on any atom is 0.119 e. The van der Waals surface area contributed by atoms with Crippen molar-refractivity contribution >= 4 is 0 Å². The lowest BCUT2D eigenvalue weighted by Crippen LogP contribution is -2.46. The van der Waals surface area contributed by atoms with E-state index in [1.54, 1.807) is 0 Å². The fourth-order valence-corrected chi connectivity index (χ4v) is 2.94. The summed E-state index contributed by atoms with van der Waals surface area (Å²) in [6.45, 7) is 12.1. The average Bonchev–Trinajstić information content (AvgIpc) is 2.57. The molecular weight excluding hydrogens is 288 g/mol. The van der Waals surface area contributed by atoms with Crippen molar-refractivity contribution < 1.29 is 14.2 Å². The molecule has 0 saturated carbocycles. The molecule has 0 radical (unpaired) electrons. The van der Waals surface area contributed by atoms with Crippen LogP contribution in [0.5, 0.6) is 11.5 Å². The Morgan fingerprint density at radius 2 is 1.43 bits per heavy atom. The average molecular weight is 320 g/mol. The van der Waals surface area contributed by atoms with Crippen molar-refractivity contribution in [1.29, 1.82) is 0 Å². The maximum absolute atomic E-state index is 6.02. The van der Waals surface area contributed by atoms with Gasteiger partial charge in [-0.2, -0.15) is 0 Å². The van der Waals surface area contributed by atoms with E-state index in [1.807, 2.05) is 24.3 Å². The zero-order valence-electron chi connectivity index (χ0n) is 15.2. The molecule has 0 unspecified atom stereocenters. The van der Waals surface area contributed by atoms with Crippen LogP contribution in [0.4, 0.5) is 0 Å². The van der Waals surface area contributed by atoms with Crippen molar-refractivity contribution in [3.05, 3.63) is 24.3 Å². The lowest BCUT2D eigenvalue weighted by molar-refractivity contribution is -0.133. The van der Waals surface area contributed by atoms with Crippen LogP contribution < -0.4 is 9.47 Å². The van der Waals surface area contributed by atoms with Crippen molar-refractivity contribution in [3.8, 4) is 11.5 Å². The van der Waals surface area contributed by atoms with Gasteiger partial charge in [0.15, 0.2) is 0 Å². The van der Waals surface area contributed by atoms with Crippen molar-refractivity contribution in [2.75, 3.05) is 26.4 Å². The topological polar surface area (TPSA) is 27.7 Å². The van der Waals surface area contributed by atoms with Crippen LogP contribution in [0.1, 0.15) is 53.4 Å². The minimum Gasteiger partial charge on any atom is -0.493 e.